The van der Waals surface area contributed by atoms with E-state index in [0.717, 1.165) is 24.4 Å². The number of halogens is 2. The topological polar surface area (TPSA) is 16.4 Å². The summed E-state index contributed by atoms with van der Waals surface area (Å²) < 4.78 is 19.5. The SMILES string of the molecule is Fc1cccc(CN(Cc2ccco2)C2CC2)c1Br. The first-order valence-corrected chi connectivity index (χ1v) is 7.22. The van der Waals surface area contributed by atoms with Crippen molar-refractivity contribution in [1.29, 1.82) is 0 Å². The fraction of sp³-hybridized carbons (Fsp3) is 0.333. The molecule has 0 radical (unpaired) electrons. The van der Waals surface area contributed by atoms with E-state index < -0.39 is 0 Å². The van der Waals surface area contributed by atoms with E-state index in [-0.39, 0.29) is 5.82 Å². The second kappa shape index (κ2) is 5.47. The van der Waals surface area contributed by atoms with Crippen LogP contribution in [0.1, 0.15) is 24.2 Å². The quantitative estimate of drug-likeness (QED) is 0.813. The number of hydrogen-bond acceptors (Lipinski definition) is 2. The van der Waals surface area contributed by atoms with Crippen LogP contribution in [-0.2, 0) is 13.1 Å². The maximum atomic E-state index is 13.5. The summed E-state index contributed by atoms with van der Waals surface area (Å²) in [5.74, 6) is 0.755. The molecule has 100 valence electrons. The minimum Gasteiger partial charge on any atom is -0.468 e. The van der Waals surface area contributed by atoms with Gasteiger partial charge < -0.3 is 4.42 Å². The Hall–Kier alpha value is -1.13. The molecule has 0 unspecified atom stereocenters. The zero-order valence-electron chi connectivity index (χ0n) is 10.5. The molecule has 0 N–H and O–H groups in total. The molecule has 0 atom stereocenters. The van der Waals surface area contributed by atoms with E-state index >= 15 is 0 Å². The van der Waals surface area contributed by atoms with Gasteiger partial charge >= 0.3 is 0 Å². The molecule has 19 heavy (non-hydrogen) atoms. The molecule has 1 aromatic carbocycles. The summed E-state index contributed by atoms with van der Waals surface area (Å²) in [5.41, 5.74) is 0.985. The fourth-order valence-corrected chi connectivity index (χ4v) is 2.64. The molecule has 1 heterocycles. The molecule has 0 bridgehead atoms. The van der Waals surface area contributed by atoms with E-state index in [9.17, 15) is 4.39 Å². The van der Waals surface area contributed by atoms with Gasteiger partial charge in [0.1, 0.15) is 11.6 Å². The van der Waals surface area contributed by atoms with E-state index in [1.54, 1.807) is 12.3 Å². The molecule has 0 saturated heterocycles. The largest absolute Gasteiger partial charge is 0.468 e. The molecular weight excluding hydrogens is 309 g/mol. The lowest BCUT2D eigenvalue weighted by Gasteiger charge is -2.21. The summed E-state index contributed by atoms with van der Waals surface area (Å²) in [6.45, 7) is 1.52. The molecule has 3 rings (SSSR count). The van der Waals surface area contributed by atoms with E-state index in [1.807, 2.05) is 18.2 Å². The smallest absolute Gasteiger partial charge is 0.137 e. The van der Waals surface area contributed by atoms with Crippen molar-refractivity contribution in [3.05, 3.63) is 58.2 Å². The van der Waals surface area contributed by atoms with Crippen LogP contribution in [-0.4, -0.2) is 10.9 Å². The van der Waals surface area contributed by atoms with Crippen LogP contribution >= 0.6 is 15.9 Å². The second-order valence-corrected chi connectivity index (χ2v) is 5.72. The van der Waals surface area contributed by atoms with Crippen LogP contribution in [0.15, 0.2) is 45.5 Å². The molecule has 1 aliphatic carbocycles. The van der Waals surface area contributed by atoms with Gasteiger partial charge in [-0.25, -0.2) is 4.39 Å². The van der Waals surface area contributed by atoms with Gasteiger partial charge in [0.2, 0.25) is 0 Å². The van der Waals surface area contributed by atoms with Gasteiger partial charge in [0.25, 0.3) is 0 Å². The van der Waals surface area contributed by atoms with Crippen molar-refractivity contribution in [2.24, 2.45) is 0 Å². The Kier molecular flexibility index (Phi) is 3.71. The first-order chi connectivity index (χ1) is 9.24. The fourth-order valence-electron chi connectivity index (χ4n) is 2.25. The number of hydrogen-bond donors (Lipinski definition) is 0. The maximum Gasteiger partial charge on any atom is 0.137 e. The first-order valence-electron chi connectivity index (χ1n) is 6.43. The Bertz CT molecular complexity index is 551. The van der Waals surface area contributed by atoms with Crippen LogP contribution in [0, 0.1) is 5.82 Å². The van der Waals surface area contributed by atoms with E-state index in [0.29, 0.717) is 10.5 Å². The molecular formula is C15H15BrFNO. The zero-order chi connectivity index (χ0) is 13.2. The van der Waals surface area contributed by atoms with Crippen LogP contribution in [0.3, 0.4) is 0 Å². The molecule has 1 aliphatic rings. The number of furan rings is 1. The van der Waals surface area contributed by atoms with E-state index in [2.05, 4.69) is 20.8 Å². The Labute approximate surface area is 120 Å². The Morgan fingerprint density at radius 3 is 2.74 bits per heavy atom. The molecule has 2 nitrogen and oxygen atoms in total. The highest BCUT2D eigenvalue weighted by atomic mass is 79.9. The summed E-state index contributed by atoms with van der Waals surface area (Å²) in [6, 6.07) is 9.68. The molecule has 0 spiro atoms. The highest BCUT2D eigenvalue weighted by molar-refractivity contribution is 9.10. The summed E-state index contributed by atoms with van der Waals surface area (Å²) in [6.07, 6.45) is 4.12. The van der Waals surface area contributed by atoms with Crippen LogP contribution in [0.5, 0.6) is 0 Å². The molecule has 1 fully saturated rings. The van der Waals surface area contributed by atoms with Crippen molar-refractivity contribution in [2.75, 3.05) is 0 Å². The summed E-state index contributed by atoms with van der Waals surface area (Å²) >= 11 is 3.33. The second-order valence-electron chi connectivity index (χ2n) is 4.93. The Morgan fingerprint density at radius 1 is 1.21 bits per heavy atom. The predicted octanol–water partition coefficient (Wildman–Crippen LogP) is 4.35. The number of benzene rings is 1. The van der Waals surface area contributed by atoms with Gasteiger partial charge in [-0.3, -0.25) is 4.90 Å². The number of rotatable bonds is 5. The van der Waals surface area contributed by atoms with Crippen molar-refractivity contribution in [3.8, 4) is 0 Å². The van der Waals surface area contributed by atoms with Crippen LogP contribution in [0.2, 0.25) is 0 Å². The summed E-state index contributed by atoms with van der Waals surface area (Å²) in [4.78, 5) is 2.35. The third-order valence-electron chi connectivity index (χ3n) is 3.41. The van der Waals surface area contributed by atoms with Crippen LogP contribution in [0.25, 0.3) is 0 Å². The molecule has 0 amide bonds. The van der Waals surface area contributed by atoms with Crippen molar-refractivity contribution in [2.45, 2.75) is 32.0 Å². The van der Waals surface area contributed by atoms with E-state index in [1.165, 1.54) is 18.9 Å². The molecule has 1 aromatic heterocycles. The van der Waals surface area contributed by atoms with Gasteiger partial charge in [0.05, 0.1) is 17.3 Å². The van der Waals surface area contributed by atoms with Gasteiger partial charge in [-0.05, 0) is 52.5 Å². The van der Waals surface area contributed by atoms with Gasteiger partial charge in [-0.15, -0.1) is 0 Å². The Morgan fingerprint density at radius 2 is 2.05 bits per heavy atom. The lowest BCUT2D eigenvalue weighted by atomic mass is 10.2. The lowest BCUT2D eigenvalue weighted by Crippen LogP contribution is -2.25. The summed E-state index contributed by atoms with van der Waals surface area (Å²) in [7, 11) is 0. The third-order valence-corrected chi connectivity index (χ3v) is 4.30. The molecule has 1 saturated carbocycles. The molecule has 4 heteroatoms. The van der Waals surface area contributed by atoms with E-state index in [4.69, 9.17) is 4.42 Å². The van der Waals surface area contributed by atoms with Gasteiger partial charge in [-0.1, -0.05) is 12.1 Å². The summed E-state index contributed by atoms with van der Waals surface area (Å²) in [5, 5.41) is 0. The minimum atomic E-state index is -0.203. The average Bonchev–Trinajstić information content (AvgIpc) is 3.13. The highest BCUT2D eigenvalue weighted by Crippen LogP contribution is 2.31. The maximum absolute atomic E-state index is 13.5. The zero-order valence-corrected chi connectivity index (χ0v) is 12.1. The highest BCUT2D eigenvalue weighted by Gasteiger charge is 2.30. The molecule has 2 aromatic rings. The van der Waals surface area contributed by atoms with Gasteiger partial charge in [0.15, 0.2) is 0 Å². The minimum absolute atomic E-state index is 0.203. The standard InChI is InChI=1S/C15H15BrFNO/c16-15-11(3-1-5-14(15)17)9-18(12-6-7-12)10-13-4-2-8-19-13/h1-5,8,12H,6-7,9-10H2. The third kappa shape index (κ3) is 3.07. The normalized spacial score (nSPS) is 15.1. The lowest BCUT2D eigenvalue weighted by molar-refractivity contribution is 0.224. The average molecular weight is 324 g/mol. The van der Waals surface area contributed by atoms with Crippen molar-refractivity contribution in [1.82, 2.24) is 4.90 Å². The monoisotopic (exact) mass is 323 g/mol. The predicted molar refractivity (Wildman–Crippen MR) is 75.1 cm³/mol. The van der Waals surface area contributed by atoms with Crippen molar-refractivity contribution in [3.63, 3.8) is 0 Å². The Balaban J connectivity index is 1.76. The number of nitrogens with zero attached hydrogens (tertiary/aromatic N) is 1. The van der Waals surface area contributed by atoms with Crippen molar-refractivity contribution < 1.29 is 8.81 Å². The first kappa shape index (κ1) is 12.9. The van der Waals surface area contributed by atoms with Gasteiger partial charge in [0, 0.05) is 12.6 Å². The van der Waals surface area contributed by atoms with Gasteiger partial charge in [-0.2, -0.15) is 0 Å². The van der Waals surface area contributed by atoms with Crippen LogP contribution < -0.4 is 0 Å². The molecule has 0 aliphatic heterocycles. The van der Waals surface area contributed by atoms with Crippen LogP contribution in [0.4, 0.5) is 4.39 Å². The van der Waals surface area contributed by atoms with Crippen molar-refractivity contribution >= 4 is 15.9 Å².